The lowest BCUT2D eigenvalue weighted by Crippen LogP contribution is -2.52. The number of rotatable bonds is 2. The summed E-state index contributed by atoms with van der Waals surface area (Å²) in [6.07, 6.45) is 8.73. The molecule has 1 aliphatic carbocycles. The van der Waals surface area contributed by atoms with Crippen LogP contribution in [0.2, 0.25) is 0 Å². The van der Waals surface area contributed by atoms with Gasteiger partial charge in [-0.05, 0) is 25.7 Å². The Morgan fingerprint density at radius 3 is 2.59 bits per heavy atom. The molecule has 1 atom stereocenters. The van der Waals surface area contributed by atoms with Crippen molar-refractivity contribution in [3.05, 3.63) is 0 Å². The van der Waals surface area contributed by atoms with E-state index in [0.717, 1.165) is 26.1 Å². The van der Waals surface area contributed by atoms with E-state index in [1.807, 2.05) is 0 Å². The summed E-state index contributed by atoms with van der Waals surface area (Å²) in [5.74, 6) is 1.05. The van der Waals surface area contributed by atoms with Gasteiger partial charge in [0.2, 0.25) is 5.91 Å². The zero-order valence-electron chi connectivity index (χ0n) is 11.1. The molecule has 0 bridgehead atoms. The van der Waals surface area contributed by atoms with Crippen LogP contribution in [0.1, 0.15) is 51.9 Å². The highest BCUT2D eigenvalue weighted by Crippen LogP contribution is 2.26. The van der Waals surface area contributed by atoms with E-state index in [4.69, 9.17) is 0 Å². The second-order valence-electron chi connectivity index (χ2n) is 5.70. The first kappa shape index (κ1) is 12.9. The summed E-state index contributed by atoms with van der Waals surface area (Å²) in [6.45, 7) is 4.96. The molecule has 98 valence electrons. The van der Waals surface area contributed by atoms with Crippen molar-refractivity contribution in [3.63, 3.8) is 0 Å². The van der Waals surface area contributed by atoms with Crippen LogP contribution in [0.5, 0.6) is 0 Å². The Hall–Kier alpha value is -0.570. The van der Waals surface area contributed by atoms with E-state index in [-0.39, 0.29) is 0 Å². The number of nitrogens with zero attached hydrogens (tertiary/aromatic N) is 1. The molecule has 1 saturated heterocycles. The Labute approximate surface area is 105 Å². The van der Waals surface area contributed by atoms with Crippen LogP contribution in [0.25, 0.3) is 0 Å². The molecule has 1 heterocycles. The van der Waals surface area contributed by atoms with Crippen LogP contribution >= 0.6 is 0 Å². The zero-order valence-corrected chi connectivity index (χ0v) is 11.1. The standard InChI is InChI=1S/C14H26N2O/c1-12-11-15-8-9-16(12)14(17)10-13-6-4-2-3-5-7-13/h12-13,15H,2-11H2,1H3. The van der Waals surface area contributed by atoms with Crippen LogP contribution in [0.15, 0.2) is 0 Å². The van der Waals surface area contributed by atoms with Crippen molar-refractivity contribution in [2.24, 2.45) is 5.92 Å². The number of carbonyl (C=O) groups is 1. The zero-order chi connectivity index (χ0) is 12.1. The topological polar surface area (TPSA) is 32.3 Å². The molecular formula is C14H26N2O. The van der Waals surface area contributed by atoms with E-state index in [1.165, 1.54) is 38.5 Å². The van der Waals surface area contributed by atoms with E-state index < -0.39 is 0 Å². The smallest absolute Gasteiger partial charge is 0.223 e. The normalized spacial score (nSPS) is 27.8. The number of hydrogen-bond acceptors (Lipinski definition) is 2. The van der Waals surface area contributed by atoms with Crippen LogP contribution in [-0.4, -0.2) is 36.5 Å². The molecule has 1 N–H and O–H groups in total. The fourth-order valence-electron chi connectivity index (χ4n) is 3.14. The average Bonchev–Trinajstić information content (AvgIpc) is 2.58. The van der Waals surface area contributed by atoms with E-state index in [0.29, 0.717) is 17.9 Å². The minimum atomic E-state index is 0.377. The molecule has 1 unspecified atom stereocenters. The molecule has 0 radical (unpaired) electrons. The molecule has 2 aliphatic rings. The maximum Gasteiger partial charge on any atom is 0.223 e. The van der Waals surface area contributed by atoms with E-state index in [2.05, 4.69) is 17.1 Å². The molecule has 2 rings (SSSR count). The van der Waals surface area contributed by atoms with E-state index in [9.17, 15) is 4.79 Å². The lowest BCUT2D eigenvalue weighted by atomic mass is 9.95. The highest BCUT2D eigenvalue weighted by Gasteiger charge is 2.25. The minimum Gasteiger partial charge on any atom is -0.337 e. The molecule has 0 spiro atoms. The number of amides is 1. The van der Waals surface area contributed by atoms with Crippen LogP contribution in [0.4, 0.5) is 0 Å². The fourth-order valence-corrected chi connectivity index (χ4v) is 3.14. The highest BCUT2D eigenvalue weighted by atomic mass is 16.2. The van der Waals surface area contributed by atoms with Crippen LogP contribution in [0, 0.1) is 5.92 Å². The van der Waals surface area contributed by atoms with Gasteiger partial charge in [0.05, 0.1) is 0 Å². The second kappa shape index (κ2) is 6.39. The minimum absolute atomic E-state index is 0.377. The van der Waals surface area contributed by atoms with Crippen molar-refractivity contribution >= 4 is 5.91 Å². The third kappa shape index (κ3) is 3.70. The monoisotopic (exact) mass is 238 g/mol. The first-order valence-electron chi connectivity index (χ1n) is 7.27. The van der Waals surface area contributed by atoms with E-state index in [1.54, 1.807) is 0 Å². The molecule has 17 heavy (non-hydrogen) atoms. The number of carbonyl (C=O) groups excluding carboxylic acids is 1. The highest BCUT2D eigenvalue weighted by molar-refractivity contribution is 5.77. The summed E-state index contributed by atoms with van der Waals surface area (Å²) in [7, 11) is 0. The molecule has 0 aromatic heterocycles. The van der Waals surface area contributed by atoms with Crippen molar-refractivity contribution < 1.29 is 4.79 Å². The van der Waals surface area contributed by atoms with Gasteiger partial charge in [0.15, 0.2) is 0 Å². The summed E-state index contributed by atoms with van der Waals surface area (Å²) in [4.78, 5) is 14.4. The number of hydrogen-bond donors (Lipinski definition) is 1. The van der Waals surface area contributed by atoms with Crippen molar-refractivity contribution in [2.45, 2.75) is 57.9 Å². The van der Waals surface area contributed by atoms with Gasteiger partial charge < -0.3 is 10.2 Å². The van der Waals surface area contributed by atoms with Gasteiger partial charge in [-0.15, -0.1) is 0 Å². The van der Waals surface area contributed by atoms with Crippen LogP contribution in [0.3, 0.4) is 0 Å². The maximum absolute atomic E-state index is 12.3. The molecule has 1 aliphatic heterocycles. The Bertz CT molecular complexity index is 247. The number of nitrogens with one attached hydrogen (secondary N) is 1. The van der Waals surface area contributed by atoms with Gasteiger partial charge in [-0.2, -0.15) is 0 Å². The Balaban J connectivity index is 1.82. The van der Waals surface area contributed by atoms with Crippen LogP contribution in [-0.2, 0) is 4.79 Å². The first-order chi connectivity index (χ1) is 8.27. The largest absolute Gasteiger partial charge is 0.337 e. The summed E-state index contributed by atoms with van der Waals surface area (Å²) in [6, 6.07) is 0.377. The molecule has 1 saturated carbocycles. The van der Waals surface area contributed by atoms with Gasteiger partial charge >= 0.3 is 0 Å². The Kier molecular flexibility index (Phi) is 4.84. The summed E-state index contributed by atoms with van der Waals surface area (Å²) < 4.78 is 0. The third-order valence-corrected chi connectivity index (χ3v) is 4.26. The molecule has 2 fully saturated rings. The Morgan fingerprint density at radius 2 is 1.94 bits per heavy atom. The molecule has 0 aromatic carbocycles. The maximum atomic E-state index is 12.3. The first-order valence-corrected chi connectivity index (χ1v) is 7.27. The predicted octanol–water partition coefficient (Wildman–Crippen LogP) is 2.17. The average molecular weight is 238 g/mol. The predicted molar refractivity (Wildman–Crippen MR) is 69.9 cm³/mol. The Morgan fingerprint density at radius 1 is 1.24 bits per heavy atom. The van der Waals surface area contributed by atoms with Gasteiger partial charge in [0.25, 0.3) is 0 Å². The van der Waals surface area contributed by atoms with Gasteiger partial charge in [0, 0.05) is 32.1 Å². The summed E-state index contributed by atoms with van der Waals surface area (Å²) in [5.41, 5.74) is 0. The van der Waals surface area contributed by atoms with Crippen molar-refractivity contribution in [1.82, 2.24) is 10.2 Å². The molecular weight excluding hydrogens is 212 g/mol. The lowest BCUT2D eigenvalue weighted by Gasteiger charge is -2.35. The van der Waals surface area contributed by atoms with Gasteiger partial charge in [0.1, 0.15) is 0 Å². The molecule has 3 heteroatoms. The van der Waals surface area contributed by atoms with Gasteiger partial charge in [-0.3, -0.25) is 4.79 Å². The van der Waals surface area contributed by atoms with E-state index >= 15 is 0 Å². The van der Waals surface area contributed by atoms with Crippen molar-refractivity contribution in [1.29, 1.82) is 0 Å². The lowest BCUT2D eigenvalue weighted by molar-refractivity contribution is -0.135. The van der Waals surface area contributed by atoms with Gasteiger partial charge in [-0.1, -0.05) is 25.7 Å². The van der Waals surface area contributed by atoms with Crippen molar-refractivity contribution in [3.8, 4) is 0 Å². The molecule has 3 nitrogen and oxygen atoms in total. The molecule has 1 amide bonds. The molecule has 0 aromatic rings. The summed E-state index contributed by atoms with van der Waals surface area (Å²) in [5, 5.41) is 3.34. The van der Waals surface area contributed by atoms with Gasteiger partial charge in [-0.25, -0.2) is 0 Å². The fraction of sp³-hybridized carbons (Fsp3) is 0.929. The SMILES string of the molecule is CC1CNCCN1C(=O)CC1CCCCCC1. The van der Waals surface area contributed by atoms with Crippen molar-refractivity contribution in [2.75, 3.05) is 19.6 Å². The van der Waals surface area contributed by atoms with Crippen LogP contribution < -0.4 is 5.32 Å². The number of piperazine rings is 1. The summed E-state index contributed by atoms with van der Waals surface area (Å²) >= 11 is 0. The second-order valence-corrected chi connectivity index (χ2v) is 5.70. The third-order valence-electron chi connectivity index (χ3n) is 4.26. The quantitative estimate of drug-likeness (QED) is 0.748.